The summed E-state index contributed by atoms with van der Waals surface area (Å²) >= 11 is 0. The molecule has 0 spiro atoms. The lowest BCUT2D eigenvalue weighted by Crippen LogP contribution is -2.14. The number of carbonyl (C=O) groups excluding carboxylic acids is 1. The summed E-state index contributed by atoms with van der Waals surface area (Å²) in [5.74, 6) is -0.0894. The molecule has 1 aromatic rings. The van der Waals surface area contributed by atoms with Gasteiger partial charge in [-0.1, -0.05) is 30.3 Å². The normalized spacial score (nSPS) is 9.73. The summed E-state index contributed by atoms with van der Waals surface area (Å²) in [6, 6.07) is 8.84. The highest BCUT2D eigenvalue weighted by Crippen LogP contribution is 2.01. The van der Waals surface area contributed by atoms with Gasteiger partial charge in [0, 0.05) is 0 Å². The van der Waals surface area contributed by atoms with E-state index < -0.39 is 10.0 Å². The highest BCUT2D eigenvalue weighted by Gasteiger charge is 2.02. The molecule has 0 radical (unpaired) electrons. The third-order valence-corrected chi connectivity index (χ3v) is 2.04. The van der Waals surface area contributed by atoms with Crippen molar-refractivity contribution in [1.29, 1.82) is 0 Å². The van der Waals surface area contributed by atoms with Gasteiger partial charge in [-0.2, -0.15) is 0 Å². The first kappa shape index (κ1) is 13.6. The van der Waals surface area contributed by atoms with Gasteiger partial charge < -0.3 is 4.74 Å². The van der Waals surface area contributed by atoms with E-state index >= 15 is 0 Å². The molecule has 0 saturated heterocycles. The summed E-state index contributed by atoms with van der Waals surface area (Å²) in [6.45, 7) is 0.375. The molecule has 0 unspecified atom stereocenters. The van der Waals surface area contributed by atoms with Crippen LogP contribution in [0.4, 0.5) is 0 Å². The van der Waals surface area contributed by atoms with E-state index in [1.165, 1.54) is 7.11 Å². The maximum atomic E-state index is 10.6. The lowest BCUT2D eigenvalue weighted by molar-refractivity contribution is -0.126. The van der Waals surface area contributed by atoms with Gasteiger partial charge in [-0.05, 0) is 5.56 Å². The Morgan fingerprint density at radius 2 is 1.80 bits per heavy atom. The molecule has 1 aromatic carbocycles. The van der Waals surface area contributed by atoms with E-state index in [0.717, 1.165) is 5.56 Å². The Kier molecular flexibility index (Phi) is 6.32. The van der Waals surface area contributed by atoms with Gasteiger partial charge in [-0.25, -0.2) is 13.6 Å². The molecule has 0 heterocycles. The lowest BCUT2D eigenvalue weighted by atomic mass is 10.2. The van der Waals surface area contributed by atoms with E-state index in [4.69, 9.17) is 9.93 Å². The summed E-state index contributed by atoms with van der Waals surface area (Å²) < 4.78 is 25.0. The number of ether oxygens (including phenoxy) is 1. The largest absolute Gasteiger partial charge is 0.471 e. The van der Waals surface area contributed by atoms with Gasteiger partial charge in [0.1, 0.15) is 0 Å². The van der Waals surface area contributed by atoms with E-state index in [0.29, 0.717) is 6.47 Å². The molecular formula is C9H13NO4S. The first-order valence-corrected chi connectivity index (χ1v) is 5.72. The van der Waals surface area contributed by atoms with Crippen LogP contribution in [-0.4, -0.2) is 22.0 Å². The summed E-state index contributed by atoms with van der Waals surface area (Å²) in [5.41, 5.74) is 0.718. The van der Waals surface area contributed by atoms with Crippen molar-refractivity contribution in [1.82, 2.24) is 0 Å². The SMILES string of the molecule is COC=O.NS(=O)(=O)Cc1ccccc1. The monoisotopic (exact) mass is 231 g/mol. The van der Waals surface area contributed by atoms with Gasteiger partial charge >= 0.3 is 0 Å². The van der Waals surface area contributed by atoms with E-state index in [9.17, 15) is 8.42 Å². The van der Waals surface area contributed by atoms with Crippen molar-refractivity contribution in [2.75, 3.05) is 7.11 Å². The molecule has 0 atom stereocenters. The zero-order valence-electron chi connectivity index (χ0n) is 8.29. The molecule has 0 fully saturated rings. The highest BCUT2D eigenvalue weighted by atomic mass is 32.2. The minimum Gasteiger partial charge on any atom is -0.471 e. The standard InChI is InChI=1S/C7H9NO2S.C2H4O2/c8-11(9,10)6-7-4-2-1-3-5-7;1-4-2-3/h1-5H,6H2,(H2,8,9,10);2H,1H3. The second-order valence-corrected chi connectivity index (χ2v) is 4.24. The minimum atomic E-state index is -3.38. The molecule has 0 aliphatic heterocycles. The molecule has 5 nitrogen and oxygen atoms in total. The molecule has 0 aliphatic carbocycles. The van der Waals surface area contributed by atoms with Crippen LogP contribution < -0.4 is 5.14 Å². The number of carbonyl (C=O) groups is 1. The molecule has 6 heteroatoms. The zero-order chi connectivity index (χ0) is 11.7. The molecule has 1 rings (SSSR count). The first-order chi connectivity index (χ1) is 6.99. The molecular weight excluding hydrogens is 218 g/mol. The fourth-order valence-corrected chi connectivity index (χ4v) is 1.46. The predicted octanol–water partition coefficient (Wildman–Crippen LogP) is 0.264. The van der Waals surface area contributed by atoms with Crippen molar-refractivity contribution in [3.63, 3.8) is 0 Å². The second kappa shape index (κ2) is 6.97. The Morgan fingerprint density at radius 3 is 2.13 bits per heavy atom. The second-order valence-electron chi connectivity index (χ2n) is 2.62. The van der Waals surface area contributed by atoms with Gasteiger partial charge in [0.25, 0.3) is 6.47 Å². The summed E-state index contributed by atoms with van der Waals surface area (Å²) in [5, 5.41) is 4.84. The number of rotatable bonds is 3. The topological polar surface area (TPSA) is 86.5 Å². The number of benzene rings is 1. The van der Waals surface area contributed by atoms with Crippen LogP contribution in [0.25, 0.3) is 0 Å². The van der Waals surface area contributed by atoms with Crippen molar-refractivity contribution >= 4 is 16.5 Å². The first-order valence-electron chi connectivity index (χ1n) is 4.00. The van der Waals surface area contributed by atoms with Crippen LogP contribution in [0.3, 0.4) is 0 Å². The van der Waals surface area contributed by atoms with Gasteiger partial charge in [0.2, 0.25) is 10.0 Å². The van der Waals surface area contributed by atoms with Crippen LogP contribution in [-0.2, 0) is 25.3 Å². The fraction of sp³-hybridized carbons (Fsp3) is 0.222. The molecule has 2 N–H and O–H groups in total. The smallest absolute Gasteiger partial charge is 0.292 e. The Balaban J connectivity index is 0.000000423. The van der Waals surface area contributed by atoms with Gasteiger partial charge in [-0.3, -0.25) is 4.79 Å². The maximum absolute atomic E-state index is 10.6. The Bertz CT molecular complexity index is 374. The Hall–Kier alpha value is -1.40. The summed E-state index contributed by atoms with van der Waals surface area (Å²) in [7, 11) is -2.06. The highest BCUT2D eigenvalue weighted by molar-refractivity contribution is 7.88. The number of hydrogen-bond acceptors (Lipinski definition) is 4. The molecule has 0 aliphatic rings. The minimum absolute atomic E-state index is 0.0894. The van der Waals surface area contributed by atoms with Crippen molar-refractivity contribution in [2.45, 2.75) is 5.75 Å². The molecule has 0 aromatic heterocycles. The number of hydrogen-bond donors (Lipinski definition) is 1. The van der Waals surface area contributed by atoms with Crippen molar-refractivity contribution in [3.8, 4) is 0 Å². The zero-order valence-corrected chi connectivity index (χ0v) is 9.11. The van der Waals surface area contributed by atoms with E-state index in [-0.39, 0.29) is 5.75 Å². The van der Waals surface area contributed by atoms with Crippen molar-refractivity contribution < 1.29 is 17.9 Å². The number of primary sulfonamides is 1. The molecule has 15 heavy (non-hydrogen) atoms. The summed E-state index contributed by atoms with van der Waals surface area (Å²) in [4.78, 5) is 8.95. The third kappa shape index (κ3) is 8.92. The predicted molar refractivity (Wildman–Crippen MR) is 56.3 cm³/mol. The number of methoxy groups -OCH3 is 1. The van der Waals surface area contributed by atoms with Crippen LogP contribution in [0.2, 0.25) is 0 Å². The van der Waals surface area contributed by atoms with Gasteiger partial charge in [0.05, 0.1) is 12.9 Å². The van der Waals surface area contributed by atoms with Crippen molar-refractivity contribution in [3.05, 3.63) is 35.9 Å². The van der Waals surface area contributed by atoms with Crippen LogP contribution in [0, 0.1) is 0 Å². The molecule has 0 amide bonds. The summed E-state index contributed by atoms with van der Waals surface area (Å²) in [6.07, 6.45) is 0. The van der Waals surface area contributed by atoms with Crippen LogP contribution >= 0.6 is 0 Å². The van der Waals surface area contributed by atoms with E-state index in [1.54, 1.807) is 24.3 Å². The Labute approximate surface area is 88.9 Å². The fourth-order valence-electron chi connectivity index (χ4n) is 0.807. The molecule has 0 bridgehead atoms. The van der Waals surface area contributed by atoms with E-state index in [2.05, 4.69) is 4.74 Å². The maximum Gasteiger partial charge on any atom is 0.292 e. The van der Waals surface area contributed by atoms with Crippen LogP contribution in [0.15, 0.2) is 30.3 Å². The number of nitrogens with two attached hydrogens (primary N) is 1. The Morgan fingerprint density at radius 1 is 1.33 bits per heavy atom. The van der Waals surface area contributed by atoms with Crippen LogP contribution in [0.1, 0.15) is 5.56 Å². The molecule has 84 valence electrons. The third-order valence-electron chi connectivity index (χ3n) is 1.31. The molecule has 0 saturated carbocycles. The quantitative estimate of drug-likeness (QED) is 0.756. The van der Waals surface area contributed by atoms with Gasteiger partial charge in [-0.15, -0.1) is 0 Å². The lowest BCUT2D eigenvalue weighted by Gasteiger charge is -1.96. The average Bonchev–Trinajstić information content (AvgIpc) is 2.17. The number of sulfonamides is 1. The van der Waals surface area contributed by atoms with Crippen molar-refractivity contribution in [2.24, 2.45) is 5.14 Å². The van der Waals surface area contributed by atoms with Crippen LogP contribution in [0.5, 0.6) is 0 Å². The van der Waals surface area contributed by atoms with Gasteiger partial charge in [0.15, 0.2) is 0 Å². The average molecular weight is 231 g/mol. The van der Waals surface area contributed by atoms with E-state index in [1.807, 2.05) is 6.07 Å².